The zero-order chi connectivity index (χ0) is 51.5. The van der Waals surface area contributed by atoms with Crippen molar-refractivity contribution in [1.82, 2.24) is 5.32 Å². The first-order valence-electron chi connectivity index (χ1n) is 28.9. The molecule has 1 aliphatic rings. The SMILES string of the molecule is CCCCCCCCCCC/C=C\C/C=C\CCCCCCCC(O)CC(=O)NC(COP(=O)(O)OC1C(O)C(O)C(O)C(O)C1O)C(O)CCCCCCCCCCCCCCCCCCCCC. The van der Waals surface area contributed by atoms with Crippen LogP contribution in [0.15, 0.2) is 24.3 Å². The van der Waals surface area contributed by atoms with Crippen LogP contribution in [0.4, 0.5) is 0 Å². The number of hydrogen-bond donors (Lipinski definition) is 9. The van der Waals surface area contributed by atoms with Gasteiger partial charge in [-0.05, 0) is 44.9 Å². The lowest BCUT2D eigenvalue weighted by atomic mass is 9.85. The topological polar surface area (TPSA) is 226 Å². The Morgan fingerprint density at radius 2 is 0.843 bits per heavy atom. The standard InChI is InChI=1S/C56H108NO12P/c1-3-5-7-9-11-13-15-17-19-21-23-24-26-27-29-31-33-35-37-39-41-43-47(58)45-50(60)57-48(46-68-70(66,67)69-56-54(64)52(62)51(61)53(63)55(56)65)49(59)44-42-40-38-36-34-32-30-28-25-22-20-18-16-14-12-10-8-6-4-2/h23-24,27,29,47-49,51-56,58-59,61-65H,3-22,25-26,28,30-46H2,1-2H3,(H,57,60)(H,66,67)/b24-23-,29-27-. The third-order valence-corrected chi connectivity index (χ3v) is 15.1. The lowest BCUT2D eigenvalue weighted by Gasteiger charge is -2.41. The third kappa shape index (κ3) is 35.8. The molecule has 0 radical (unpaired) electrons. The highest BCUT2D eigenvalue weighted by Gasteiger charge is 2.51. The number of carbonyl (C=O) groups excluding carboxylic acids is 1. The van der Waals surface area contributed by atoms with Crippen molar-refractivity contribution in [3.05, 3.63) is 24.3 Å². The van der Waals surface area contributed by atoms with Gasteiger partial charge in [0.15, 0.2) is 0 Å². The van der Waals surface area contributed by atoms with Gasteiger partial charge in [0.2, 0.25) is 5.91 Å². The summed E-state index contributed by atoms with van der Waals surface area (Å²) in [7, 11) is -5.13. The summed E-state index contributed by atoms with van der Waals surface area (Å²) in [6.45, 7) is 3.83. The second-order valence-electron chi connectivity index (χ2n) is 20.7. The van der Waals surface area contributed by atoms with Crippen LogP contribution >= 0.6 is 7.82 Å². The molecule has 9 N–H and O–H groups in total. The van der Waals surface area contributed by atoms with E-state index in [0.29, 0.717) is 12.8 Å². The molecule has 0 aromatic rings. The van der Waals surface area contributed by atoms with E-state index in [1.54, 1.807) is 0 Å². The van der Waals surface area contributed by atoms with E-state index in [9.17, 15) is 50.0 Å². The Hall–Kier alpha value is -1.22. The van der Waals surface area contributed by atoms with Crippen LogP contribution < -0.4 is 5.32 Å². The van der Waals surface area contributed by atoms with Gasteiger partial charge in [-0.2, -0.15) is 0 Å². The molecule has 0 spiro atoms. The Balaban J connectivity index is 2.41. The number of aliphatic hydroxyl groups excluding tert-OH is 7. The van der Waals surface area contributed by atoms with Crippen LogP contribution in [0.3, 0.4) is 0 Å². The summed E-state index contributed by atoms with van der Waals surface area (Å²) in [5, 5.41) is 75.0. The van der Waals surface area contributed by atoms with Crippen LogP contribution in [0.2, 0.25) is 0 Å². The third-order valence-electron chi connectivity index (χ3n) is 14.1. The second-order valence-corrected chi connectivity index (χ2v) is 22.1. The molecule has 14 heteroatoms. The quantitative estimate of drug-likeness (QED) is 0.0158. The molecule has 0 bridgehead atoms. The minimum absolute atomic E-state index is 0.229. The number of phosphoric ester groups is 1. The number of amides is 1. The van der Waals surface area contributed by atoms with E-state index >= 15 is 0 Å². The number of nitrogens with one attached hydrogen (secondary N) is 1. The summed E-state index contributed by atoms with van der Waals surface area (Å²) in [6, 6.07) is -1.16. The van der Waals surface area contributed by atoms with Gasteiger partial charge in [-0.3, -0.25) is 13.8 Å². The highest BCUT2D eigenvalue weighted by Crippen LogP contribution is 2.47. The van der Waals surface area contributed by atoms with Crippen LogP contribution in [0, 0.1) is 0 Å². The lowest BCUT2D eigenvalue weighted by Crippen LogP contribution is -2.64. The number of unbranched alkanes of at least 4 members (excludes halogenated alkanes) is 32. The Labute approximate surface area is 426 Å². The maximum Gasteiger partial charge on any atom is 0.472 e. The molecule has 0 saturated heterocycles. The number of rotatable bonds is 49. The normalized spacial score (nSPS) is 21.9. The van der Waals surface area contributed by atoms with Crippen molar-refractivity contribution in [3.63, 3.8) is 0 Å². The fraction of sp³-hybridized carbons (Fsp3) is 0.911. The van der Waals surface area contributed by atoms with Gasteiger partial charge in [-0.25, -0.2) is 4.57 Å². The number of allylic oxidation sites excluding steroid dienone is 4. The lowest BCUT2D eigenvalue weighted by molar-refractivity contribution is -0.220. The first-order chi connectivity index (χ1) is 33.8. The molecule has 70 heavy (non-hydrogen) atoms. The van der Waals surface area contributed by atoms with E-state index in [1.165, 1.54) is 154 Å². The molecular formula is C56H108NO12P. The molecule has 8 unspecified atom stereocenters. The first-order valence-corrected chi connectivity index (χ1v) is 30.4. The fourth-order valence-electron chi connectivity index (χ4n) is 9.40. The predicted molar refractivity (Wildman–Crippen MR) is 284 cm³/mol. The van der Waals surface area contributed by atoms with Crippen molar-refractivity contribution in [2.24, 2.45) is 0 Å². The van der Waals surface area contributed by atoms with E-state index in [4.69, 9.17) is 9.05 Å². The number of hydrogen-bond acceptors (Lipinski definition) is 11. The van der Waals surface area contributed by atoms with Gasteiger partial charge in [0.25, 0.3) is 0 Å². The van der Waals surface area contributed by atoms with Crippen LogP contribution in [-0.2, 0) is 18.4 Å². The van der Waals surface area contributed by atoms with Crippen molar-refractivity contribution in [3.8, 4) is 0 Å². The van der Waals surface area contributed by atoms with E-state index in [-0.39, 0.29) is 12.8 Å². The summed E-state index contributed by atoms with van der Waals surface area (Å²) in [6.07, 6.45) is 39.3. The van der Waals surface area contributed by atoms with Crippen molar-refractivity contribution < 1.29 is 59.0 Å². The smallest absolute Gasteiger partial charge is 0.393 e. The van der Waals surface area contributed by atoms with Crippen molar-refractivity contribution in [2.45, 2.75) is 319 Å². The molecule has 1 amide bonds. The molecule has 1 rings (SSSR count). The molecule has 414 valence electrons. The van der Waals surface area contributed by atoms with Crippen LogP contribution in [-0.4, -0.2) is 108 Å². The molecule has 0 aromatic heterocycles. The molecule has 0 aromatic carbocycles. The number of carbonyl (C=O) groups is 1. The Bertz CT molecular complexity index is 1290. The molecule has 8 atom stereocenters. The van der Waals surface area contributed by atoms with Gasteiger partial charge in [-0.15, -0.1) is 0 Å². The minimum Gasteiger partial charge on any atom is -0.393 e. The van der Waals surface area contributed by atoms with Gasteiger partial charge in [0, 0.05) is 0 Å². The van der Waals surface area contributed by atoms with Gasteiger partial charge in [0.1, 0.15) is 36.6 Å². The summed E-state index contributed by atoms with van der Waals surface area (Å²) < 4.78 is 23.1. The van der Waals surface area contributed by atoms with Gasteiger partial charge in [-0.1, -0.05) is 237 Å². The fourth-order valence-corrected chi connectivity index (χ4v) is 10.4. The molecule has 0 aliphatic heterocycles. The average Bonchev–Trinajstić information content (AvgIpc) is 3.34. The molecular weight excluding hydrogens is 910 g/mol. The van der Waals surface area contributed by atoms with Crippen molar-refractivity contribution in [2.75, 3.05) is 6.61 Å². The van der Waals surface area contributed by atoms with Crippen LogP contribution in [0.1, 0.15) is 264 Å². The van der Waals surface area contributed by atoms with Gasteiger partial charge >= 0.3 is 7.82 Å². The molecule has 1 aliphatic carbocycles. The second kappa shape index (κ2) is 45.2. The summed E-state index contributed by atoms with van der Waals surface area (Å²) in [5.41, 5.74) is 0. The maximum absolute atomic E-state index is 13.1. The number of aliphatic hydroxyl groups is 7. The molecule has 0 heterocycles. The number of phosphoric acid groups is 1. The molecule has 1 saturated carbocycles. The van der Waals surface area contributed by atoms with Crippen molar-refractivity contribution >= 4 is 13.7 Å². The van der Waals surface area contributed by atoms with E-state index in [1.807, 2.05) is 0 Å². The molecule has 1 fully saturated rings. The molecule has 13 nitrogen and oxygen atoms in total. The largest absolute Gasteiger partial charge is 0.472 e. The highest BCUT2D eigenvalue weighted by atomic mass is 31.2. The summed E-state index contributed by atoms with van der Waals surface area (Å²) >= 11 is 0. The maximum atomic E-state index is 13.1. The zero-order valence-electron chi connectivity index (χ0n) is 44.4. The minimum atomic E-state index is -5.13. The van der Waals surface area contributed by atoms with Crippen LogP contribution in [0.25, 0.3) is 0 Å². The van der Waals surface area contributed by atoms with E-state index in [0.717, 1.165) is 70.6 Å². The van der Waals surface area contributed by atoms with E-state index < -0.39 is 75.2 Å². The monoisotopic (exact) mass is 1020 g/mol. The summed E-state index contributed by atoms with van der Waals surface area (Å²) in [4.78, 5) is 23.6. The summed E-state index contributed by atoms with van der Waals surface area (Å²) in [5.74, 6) is -0.564. The van der Waals surface area contributed by atoms with Crippen LogP contribution in [0.5, 0.6) is 0 Å². The average molecular weight is 1020 g/mol. The zero-order valence-corrected chi connectivity index (χ0v) is 45.3. The van der Waals surface area contributed by atoms with E-state index in [2.05, 4.69) is 43.5 Å². The van der Waals surface area contributed by atoms with Crippen molar-refractivity contribution in [1.29, 1.82) is 0 Å². The van der Waals surface area contributed by atoms with Gasteiger partial charge in [0.05, 0.1) is 31.3 Å². The Morgan fingerprint density at radius 1 is 0.500 bits per heavy atom. The Kier molecular flexibility index (Phi) is 43.1. The first kappa shape index (κ1) is 66.8. The Morgan fingerprint density at radius 3 is 1.24 bits per heavy atom. The van der Waals surface area contributed by atoms with Gasteiger partial charge < -0.3 is 46.0 Å². The highest BCUT2D eigenvalue weighted by molar-refractivity contribution is 7.47. The predicted octanol–water partition coefficient (Wildman–Crippen LogP) is 11.9.